The molecule has 2 aromatic rings. The number of carbonyl (C=O) groups excluding carboxylic acids is 1. The highest BCUT2D eigenvalue weighted by Gasteiger charge is 2.59. The minimum absolute atomic E-state index is 0.120. The van der Waals surface area contributed by atoms with Crippen LogP contribution in [-0.4, -0.2) is 53.2 Å². The molecule has 1 amide bonds. The number of fused-ring (bicyclic) bond motifs is 2. The molecule has 184 valence electrons. The van der Waals surface area contributed by atoms with Crippen LogP contribution in [0.3, 0.4) is 0 Å². The van der Waals surface area contributed by atoms with Crippen LogP contribution in [0.15, 0.2) is 35.2 Å². The van der Waals surface area contributed by atoms with Gasteiger partial charge in [-0.05, 0) is 43.4 Å². The lowest BCUT2D eigenvalue weighted by Gasteiger charge is -2.43. The molecule has 4 N–H and O–H groups in total. The van der Waals surface area contributed by atoms with Gasteiger partial charge in [0, 0.05) is 29.3 Å². The molecular weight excluding hydrogens is 499 g/mol. The highest BCUT2D eigenvalue weighted by Crippen LogP contribution is 2.51. The molecule has 12 heteroatoms. The summed E-state index contributed by atoms with van der Waals surface area (Å²) in [5.41, 5.74) is -2.37. The quantitative estimate of drug-likeness (QED) is 0.450. The molecule has 0 aromatic heterocycles. The van der Waals surface area contributed by atoms with Gasteiger partial charge in [-0.2, -0.15) is 0 Å². The topological polar surface area (TPSA) is 124 Å². The highest BCUT2D eigenvalue weighted by molar-refractivity contribution is 7.92. The number of hydrogen-bond acceptors (Lipinski definition) is 6. The molecule has 2 saturated carbocycles. The van der Waals surface area contributed by atoms with Gasteiger partial charge in [0.25, 0.3) is 5.91 Å². The zero-order valence-electron chi connectivity index (χ0n) is 17.5. The fraction of sp³-hybridized carbons (Fsp3) is 0.409. The van der Waals surface area contributed by atoms with E-state index in [0.717, 1.165) is 6.07 Å². The van der Waals surface area contributed by atoms with E-state index in [9.17, 15) is 41.7 Å². The Bertz CT molecular complexity index is 1240. The summed E-state index contributed by atoms with van der Waals surface area (Å²) in [6, 6.07) is 4.56. The molecule has 7 nitrogen and oxygen atoms in total. The third-order valence-electron chi connectivity index (χ3n) is 6.70. The average molecular weight is 520 g/mol. The predicted molar refractivity (Wildman–Crippen MR) is 116 cm³/mol. The molecule has 3 unspecified atom stereocenters. The fourth-order valence-corrected chi connectivity index (χ4v) is 7.94. The number of halogens is 4. The molecule has 2 fully saturated rings. The van der Waals surface area contributed by atoms with Gasteiger partial charge < -0.3 is 20.6 Å². The van der Waals surface area contributed by atoms with E-state index in [0.29, 0.717) is 25.0 Å². The zero-order valence-corrected chi connectivity index (χ0v) is 19.1. The van der Waals surface area contributed by atoms with E-state index in [1.54, 1.807) is 0 Å². The van der Waals surface area contributed by atoms with Gasteiger partial charge >= 0.3 is 0 Å². The largest absolute Gasteiger partial charge is 0.393 e. The van der Waals surface area contributed by atoms with E-state index in [2.05, 4.69) is 5.32 Å². The van der Waals surface area contributed by atoms with Crippen molar-refractivity contribution in [3.8, 4) is 0 Å². The van der Waals surface area contributed by atoms with Gasteiger partial charge in [0.15, 0.2) is 27.3 Å². The summed E-state index contributed by atoms with van der Waals surface area (Å²) in [6.07, 6.45) is -0.861. The van der Waals surface area contributed by atoms with Gasteiger partial charge in [-0.25, -0.2) is 21.6 Å². The Morgan fingerprint density at radius 3 is 2.41 bits per heavy atom. The number of carbonyl (C=O) groups is 1. The van der Waals surface area contributed by atoms with Crippen LogP contribution >= 0.6 is 11.6 Å². The number of benzene rings is 2. The number of nitrogens with one attached hydrogen (secondary N) is 1. The van der Waals surface area contributed by atoms with E-state index < -0.39 is 68.6 Å². The van der Waals surface area contributed by atoms with E-state index in [-0.39, 0.29) is 27.6 Å². The summed E-state index contributed by atoms with van der Waals surface area (Å²) in [6.45, 7) is -0.713. The number of anilines is 1. The smallest absolute Gasteiger partial charge is 0.255 e. The maximum atomic E-state index is 13.6. The Balaban J connectivity index is 1.65. The van der Waals surface area contributed by atoms with Crippen LogP contribution in [0.4, 0.5) is 18.9 Å². The van der Waals surface area contributed by atoms with Gasteiger partial charge in [0.2, 0.25) is 0 Å². The number of rotatable bonds is 5. The number of hydrogen-bond donors (Lipinski definition) is 4. The normalized spacial score (nSPS) is 28.7. The van der Waals surface area contributed by atoms with Crippen LogP contribution in [0.25, 0.3) is 0 Å². The highest BCUT2D eigenvalue weighted by atomic mass is 35.5. The summed E-state index contributed by atoms with van der Waals surface area (Å²) in [5, 5.41) is 31.5. The first-order valence-electron chi connectivity index (χ1n) is 10.4. The maximum absolute atomic E-state index is 13.6. The van der Waals surface area contributed by atoms with E-state index in [1.807, 2.05) is 0 Å². The third-order valence-corrected chi connectivity index (χ3v) is 9.55. The first kappa shape index (κ1) is 24.9. The Labute approximate surface area is 198 Å². The van der Waals surface area contributed by atoms with Gasteiger partial charge in [-0.1, -0.05) is 11.6 Å². The second kappa shape index (κ2) is 8.80. The first-order chi connectivity index (χ1) is 15.9. The average Bonchev–Trinajstić information content (AvgIpc) is 3.15. The van der Waals surface area contributed by atoms with E-state index in [1.165, 1.54) is 12.1 Å². The van der Waals surface area contributed by atoms with Crippen molar-refractivity contribution >= 4 is 33.0 Å². The predicted octanol–water partition coefficient (Wildman–Crippen LogP) is 2.67. The molecular formula is C22H21ClF3NO6S. The van der Waals surface area contributed by atoms with Crippen LogP contribution < -0.4 is 5.32 Å². The maximum Gasteiger partial charge on any atom is 0.255 e. The van der Waals surface area contributed by atoms with Gasteiger partial charge in [0.1, 0.15) is 5.60 Å². The fourth-order valence-electron chi connectivity index (χ4n) is 5.10. The zero-order chi connectivity index (χ0) is 25.0. The van der Waals surface area contributed by atoms with Crippen molar-refractivity contribution in [3.05, 3.63) is 58.4 Å². The number of sulfone groups is 1. The first-order valence-corrected chi connectivity index (χ1v) is 12.3. The van der Waals surface area contributed by atoms with Crippen molar-refractivity contribution in [1.82, 2.24) is 0 Å². The molecule has 2 aromatic carbocycles. The monoisotopic (exact) mass is 519 g/mol. The lowest BCUT2D eigenvalue weighted by Crippen LogP contribution is -2.58. The molecule has 0 heterocycles. The SMILES string of the molecule is O=C(Nc1cc(F)c(F)c(F)c1)c1ccc(Cl)c(S(=O)(=O)C2C3CC[C@H]2C(O)[C@](O)(CO)C3)c1. The lowest BCUT2D eigenvalue weighted by atomic mass is 9.75. The molecule has 2 aliphatic rings. The second-order valence-electron chi connectivity index (χ2n) is 8.77. The molecule has 0 saturated heterocycles. The summed E-state index contributed by atoms with van der Waals surface area (Å²) in [4.78, 5) is 12.2. The Morgan fingerprint density at radius 2 is 1.79 bits per heavy atom. The molecule has 0 spiro atoms. The molecule has 2 aliphatic carbocycles. The van der Waals surface area contributed by atoms with Crippen LogP contribution in [0.1, 0.15) is 29.6 Å². The van der Waals surface area contributed by atoms with Crippen molar-refractivity contribution in [2.24, 2.45) is 11.8 Å². The Kier molecular flexibility index (Phi) is 6.45. The lowest BCUT2D eigenvalue weighted by molar-refractivity contribution is -0.147. The number of amides is 1. The standard InChI is InChI=1S/C22H21ClF3NO6S/c23-14-4-2-10(21(30)27-12-6-15(24)18(26)16(25)7-12)5-17(14)34(32,33)19-11-1-3-13(19)20(29)22(31,8-11)9-28/h2,4-7,11,13,19-20,28-29,31H,1,3,8-9H2,(H,27,30)/t11?,13-,19?,20?,22-/m1/s1. The van der Waals surface area contributed by atoms with Gasteiger partial charge in [0.05, 0.1) is 27.9 Å². The molecule has 5 atom stereocenters. The summed E-state index contributed by atoms with van der Waals surface area (Å²) < 4.78 is 67.2. The summed E-state index contributed by atoms with van der Waals surface area (Å²) in [7, 11) is -4.20. The van der Waals surface area contributed by atoms with Gasteiger partial charge in [-0.3, -0.25) is 4.79 Å². The number of aliphatic hydroxyl groups is 3. The third kappa shape index (κ3) is 4.09. The summed E-state index contributed by atoms with van der Waals surface area (Å²) >= 11 is 6.16. The Hall–Kier alpha value is -2.18. The molecule has 0 radical (unpaired) electrons. The summed E-state index contributed by atoms with van der Waals surface area (Å²) in [5.74, 6) is -7.03. The van der Waals surface area contributed by atoms with Gasteiger partial charge in [-0.15, -0.1) is 0 Å². The van der Waals surface area contributed by atoms with Crippen LogP contribution in [0, 0.1) is 29.3 Å². The number of aliphatic hydroxyl groups excluding tert-OH is 2. The van der Waals surface area contributed by atoms with Crippen molar-refractivity contribution in [3.63, 3.8) is 0 Å². The van der Waals surface area contributed by atoms with E-state index >= 15 is 0 Å². The van der Waals surface area contributed by atoms with Crippen molar-refractivity contribution in [2.45, 2.75) is 41.1 Å². The molecule has 0 aliphatic heterocycles. The minimum atomic E-state index is -4.20. The van der Waals surface area contributed by atoms with Crippen molar-refractivity contribution in [1.29, 1.82) is 0 Å². The van der Waals surface area contributed by atoms with Crippen molar-refractivity contribution < 1.29 is 41.7 Å². The van der Waals surface area contributed by atoms with Crippen LogP contribution in [0.5, 0.6) is 0 Å². The van der Waals surface area contributed by atoms with Crippen molar-refractivity contribution in [2.75, 3.05) is 11.9 Å². The molecule has 34 heavy (non-hydrogen) atoms. The Morgan fingerprint density at radius 1 is 1.15 bits per heavy atom. The van der Waals surface area contributed by atoms with Crippen LogP contribution in [-0.2, 0) is 9.84 Å². The molecule has 4 rings (SSSR count). The van der Waals surface area contributed by atoms with Crippen LogP contribution in [0.2, 0.25) is 5.02 Å². The molecule has 2 bridgehead atoms. The second-order valence-corrected chi connectivity index (χ2v) is 11.3. The van der Waals surface area contributed by atoms with E-state index in [4.69, 9.17) is 11.6 Å². The minimum Gasteiger partial charge on any atom is -0.393 e.